The average Bonchev–Trinajstić information content (AvgIpc) is 3.24. The van der Waals surface area contributed by atoms with Gasteiger partial charge in [-0.15, -0.1) is 10.2 Å². The molecule has 0 spiro atoms. The van der Waals surface area contributed by atoms with Crippen LogP contribution < -0.4 is 20.7 Å². The highest BCUT2D eigenvalue weighted by Gasteiger charge is 2.20. The largest absolute Gasteiger partial charge is 0.492 e. The fourth-order valence-electron chi connectivity index (χ4n) is 2.89. The molecule has 1 amide bonds. The lowest BCUT2D eigenvalue weighted by molar-refractivity contribution is 0.0958. The zero-order valence-corrected chi connectivity index (χ0v) is 17.4. The minimum atomic E-state index is -2.76. The molecule has 0 aliphatic heterocycles. The second-order valence-corrected chi connectivity index (χ2v) is 6.54. The molecule has 4 heterocycles. The molecule has 4 aromatic rings. The molecule has 0 unspecified atom stereocenters. The average molecular weight is 453 g/mol. The van der Waals surface area contributed by atoms with Gasteiger partial charge in [0.1, 0.15) is 18.0 Å². The van der Waals surface area contributed by atoms with Crippen LogP contribution in [0.1, 0.15) is 14.6 Å². The fraction of sp³-hybridized carbons (Fsp3) is 0.150. The molecule has 4 aromatic heterocycles. The van der Waals surface area contributed by atoms with Crippen molar-refractivity contribution in [3.63, 3.8) is 0 Å². The van der Waals surface area contributed by atoms with E-state index >= 15 is 0 Å². The molecule has 0 radical (unpaired) electrons. The number of methoxy groups -OCH3 is 1. The molecule has 168 valence electrons. The van der Waals surface area contributed by atoms with Crippen LogP contribution in [-0.4, -0.2) is 54.9 Å². The van der Waals surface area contributed by atoms with E-state index in [4.69, 9.17) is 8.85 Å². The summed E-state index contributed by atoms with van der Waals surface area (Å²) in [5.74, 6) is -0.537. The highest BCUT2D eigenvalue weighted by Crippen LogP contribution is 2.35. The minimum absolute atomic E-state index is 0.0302. The monoisotopic (exact) mass is 453 g/mol. The third-order valence-electron chi connectivity index (χ3n) is 4.30. The Bertz CT molecular complexity index is 1410. The maximum atomic E-state index is 13.6. The molecule has 13 heteroatoms. The summed E-state index contributed by atoms with van der Waals surface area (Å²) in [5, 5.41) is 19.6. The van der Waals surface area contributed by atoms with Gasteiger partial charge in [0, 0.05) is 42.7 Å². The Morgan fingerprint density at radius 2 is 1.97 bits per heavy atom. The first-order chi connectivity index (χ1) is 17.1. The number of aryl methyl sites for hydroxylation is 1. The Morgan fingerprint density at radius 3 is 2.70 bits per heavy atom. The Balaban J connectivity index is 1.75. The Kier molecular flexibility index (Phi) is 5.01. The predicted octanol–water partition coefficient (Wildman–Crippen LogP) is 2.06. The van der Waals surface area contributed by atoms with Crippen molar-refractivity contribution in [1.82, 2.24) is 40.2 Å². The number of hydrogen-bond acceptors (Lipinski definition) is 10. The quantitative estimate of drug-likeness (QED) is 0.380. The van der Waals surface area contributed by atoms with Crippen molar-refractivity contribution >= 4 is 29.0 Å². The van der Waals surface area contributed by atoms with Crippen LogP contribution in [0, 0.1) is 5.82 Å². The smallest absolute Gasteiger partial charge is 0.273 e. The van der Waals surface area contributed by atoms with E-state index in [1.807, 2.05) is 5.32 Å². The van der Waals surface area contributed by atoms with Crippen molar-refractivity contribution in [1.29, 1.82) is 0 Å². The van der Waals surface area contributed by atoms with Gasteiger partial charge < -0.3 is 20.7 Å². The third kappa shape index (κ3) is 4.66. The maximum Gasteiger partial charge on any atom is 0.273 e. The predicted molar refractivity (Wildman–Crippen MR) is 117 cm³/mol. The molecule has 4 rings (SSSR count). The highest BCUT2D eigenvalue weighted by atomic mass is 19.1. The summed E-state index contributed by atoms with van der Waals surface area (Å²) in [6.45, 7) is -2.76. The summed E-state index contributed by atoms with van der Waals surface area (Å²) < 4.78 is 42.6. The molecule has 0 saturated heterocycles. The number of halogens is 1. The zero-order valence-electron chi connectivity index (χ0n) is 20.4. The van der Waals surface area contributed by atoms with Crippen LogP contribution in [0.4, 0.5) is 27.5 Å². The number of hydrogen-bond donors (Lipinski definition) is 3. The number of ether oxygens (including phenoxy) is 1. The van der Waals surface area contributed by atoms with Crippen LogP contribution in [0.5, 0.6) is 5.75 Å². The van der Waals surface area contributed by atoms with Gasteiger partial charge in [-0.05, 0) is 12.1 Å². The fourth-order valence-corrected chi connectivity index (χ4v) is 2.89. The van der Waals surface area contributed by atoms with E-state index in [9.17, 15) is 9.18 Å². The summed E-state index contributed by atoms with van der Waals surface area (Å²) in [6, 6.07) is 5.32. The molecule has 0 atom stereocenters. The van der Waals surface area contributed by atoms with Crippen molar-refractivity contribution < 1.29 is 18.0 Å². The van der Waals surface area contributed by atoms with Gasteiger partial charge in [-0.3, -0.25) is 9.48 Å². The highest BCUT2D eigenvalue weighted by molar-refractivity contribution is 5.98. The number of anilines is 4. The van der Waals surface area contributed by atoms with E-state index in [0.717, 1.165) is 6.07 Å². The van der Waals surface area contributed by atoms with Crippen LogP contribution in [0.25, 0.3) is 11.4 Å². The zero-order chi connectivity index (χ0) is 25.9. The van der Waals surface area contributed by atoms with E-state index in [1.165, 1.54) is 42.6 Å². The molecular weight excluding hydrogens is 431 g/mol. The molecule has 0 aliphatic carbocycles. The van der Waals surface area contributed by atoms with Gasteiger partial charge in [0.15, 0.2) is 28.9 Å². The van der Waals surface area contributed by atoms with E-state index in [2.05, 4.69) is 40.9 Å². The molecule has 12 nitrogen and oxygen atoms in total. The van der Waals surface area contributed by atoms with Gasteiger partial charge in [0.2, 0.25) is 0 Å². The SMILES string of the molecule is [2H]C([2H])([2H])NC(=O)c1nnc(Nc2cc(F)ccn2)cc1Nc1nccc(-c2ncn(C)n2)c1OC. The van der Waals surface area contributed by atoms with Gasteiger partial charge in [-0.25, -0.2) is 19.3 Å². The summed E-state index contributed by atoms with van der Waals surface area (Å²) >= 11 is 0. The van der Waals surface area contributed by atoms with Gasteiger partial charge in [-0.2, -0.15) is 5.10 Å². The second kappa shape index (κ2) is 9.21. The van der Waals surface area contributed by atoms with E-state index in [1.54, 1.807) is 13.1 Å². The standard InChI is InChI=1S/C20H19FN10O2/c1-22-20(32)16-13(9-15(28-29-16)27-14-8-11(21)4-6-23-14)26-19-17(33-3)12(5-7-24-19)18-25-10-31(2)30-18/h4-10H,1-3H3,(H,22,32)(H2,23,24,26,27,28)/i1D3. The minimum Gasteiger partial charge on any atom is -0.492 e. The summed E-state index contributed by atoms with van der Waals surface area (Å²) in [6.07, 6.45) is 4.25. The topological polar surface area (TPSA) is 145 Å². The summed E-state index contributed by atoms with van der Waals surface area (Å²) in [4.78, 5) is 25.1. The van der Waals surface area contributed by atoms with Gasteiger partial charge in [0.05, 0.1) is 18.4 Å². The number of amides is 1. The summed E-state index contributed by atoms with van der Waals surface area (Å²) in [7, 11) is 3.13. The molecule has 0 fully saturated rings. The lowest BCUT2D eigenvalue weighted by atomic mass is 10.2. The van der Waals surface area contributed by atoms with Crippen LogP contribution in [0.15, 0.2) is 43.0 Å². The molecule has 0 saturated carbocycles. The van der Waals surface area contributed by atoms with Crippen molar-refractivity contribution in [2.24, 2.45) is 7.05 Å². The first-order valence-corrected chi connectivity index (χ1v) is 9.38. The van der Waals surface area contributed by atoms with Crippen molar-refractivity contribution in [2.45, 2.75) is 0 Å². The molecule has 3 N–H and O–H groups in total. The number of carbonyl (C=O) groups is 1. The lowest BCUT2D eigenvalue weighted by Crippen LogP contribution is -2.21. The number of nitrogens with one attached hydrogen (secondary N) is 3. The third-order valence-corrected chi connectivity index (χ3v) is 4.30. The van der Waals surface area contributed by atoms with Gasteiger partial charge >= 0.3 is 0 Å². The second-order valence-electron chi connectivity index (χ2n) is 6.54. The van der Waals surface area contributed by atoms with Crippen molar-refractivity contribution in [3.05, 3.63) is 54.5 Å². The Hall–Kier alpha value is -4.68. The van der Waals surface area contributed by atoms with Crippen molar-refractivity contribution in [3.8, 4) is 17.1 Å². The maximum absolute atomic E-state index is 13.6. The number of pyridine rings is 2. The first kappa shape index (κ1) is 17.9. The summed E-state index contributed by atoms with van der Waals surface area (Å²) in [5.41, 5.74) is 0.199. The molecule has 33 heavy (non-hydrogen) atoms. The van der Waals surface area contributed by atoms with E-state index in [0.29, 0.717) is 11.4 Å². The van der Waals surface area contributed by atoms with E-state index < -0.39 is 18.7 Å². The number of carbonyl (C=O) groups excluding carboxylic acids is 1. The molecule has 0 aliphatic rings. The Morgan fingerprint density at radius 1 is 1.12 bits per heavy atom. The van der Waals surface area contributed by atoms with Crippen LogP contribution >= 0.6 is 0 Å². The first-order valence-electron chi connectivity index (χ1n) is 10.9. The number of nitrogens with zero attached hydrogens (tertiary/aromatic N) is 7. The van der Waals surface area contributed by atoms with Crippen LogP contribution in [-0.2, 0) is 7.05 Å². The van der Waals surface area contributed by atoms with Crippen LogP contribution in [0.3, 0.4) is 0 Å². The lowest BCUT2D eigenvalue weighted by Gasteiger charge is -2.15. The Labute approximate surface area is 191 Å². The molecular formula is C20H19FN10O2. The van der Waals surface area contributed by atoms with Crippen LogP contribution in [0.2, 0.25) is 0 Å². The van der Waals surface area contributed by atoms with Crippen molar-refractivity contribution in [2.75, 3.05) is 24.7 Å². The number of rotatable bonds is 7. The molecule has 0 aromatic carbocycles. The van der Waals surface area contributed by atoms with Gasteiger partial charge in [0.25, 0.3) is 5.91 Å². The van der Waals surface area contributed by atoms with E-state index in [-0.39, 0.29) is 34.6 Å². The normalized spacial score (nSPS) is 12.3. The molecule has 0 bridgehead atoms. The van der Waals surface area contributed by atoms with Gasteiger partial charge in [-0.1, -0.05) is 0 Å². The number of aromatic nitrogens is 7.